The molecular weight excluding hydrogens is 256 g/mol. The molecule has 2 nitrogen and oxygen atoms in total. The SMILES string of the molecule is OC1(Cc2ccc3occ(Br)c3c2)CC1. The number of fused-ring (bicyclic) bond motifs is 1. The molecule has 0 bridgehead atoms. The van der Waals surface area contributed by atoms with Gasteiger partial charge in [0.25, 0.3) is 0 Å². The van der Waals surface area contributed by atoms with Crippen molar-refractivity contribution < 1.29 is 9.52 Å². The van der Waals surface area contributed by atoms with Crippen molar-refractivity contribution >= 4 is 26.9 Å². The van der Waals surface area contributed by atoms with Gasteiger partial charge in [-0.2, -0.15) is 0 Å². The highest BCUT2D eigenvalue weighted by Gasteiger charge is 2.40. The van der Waals surface area contributed by atoms with Crippen LogP contribution < -0.4 is 0 Å². The normalized spacial score (nSPS) is 18.3. The molecule has 2 aromatic rings. The summed E-state index contributed by atoms with van der Waals surface area (Å²) in [6.45, 7) is 0. The highest BCUT2D eigenvalue weighted by atomic mass is 79.9. The molecule has 0 spiro atoms. The summed E-state index contributed by atoms with van der Waals surface area (Å²) in [6.07, 6.45) is 4.30. The highest BCUT2D eigenvalue weighted by Crippen LogP contribution is 2.39. The molecule has 1 saturated carbocycles. The van der Waals surface area contributed by atoms with E-state index in [0.29, 0.717) is 0 Å². The van der Waals surface area contributed by atoms with E-state index in [-0.39, 0.29) is 0 Å². The maximum atomic E-state index is 9.84. The molecule has 0 saturated heterocycles. The fourth-order valence-corrected chi connectivity index (χ4v) is 2.26. The first-order valence-corrected chi connectivity index (χ1v) is 5.84. The monoisotopic (exact) mass is 266 g/mol. The minimum absolute atomic E-state index is 0.427. The molecule has 0 aliphatic heterocycles. The number of halogens is 1. The Morgan fingerprint density at radius 1 is 1.40 bits per heavy atom. The molecule has 78 valence electrons. The van der Waals surface area contributed by atoms with Crippen molar-refractivity contribution in [3.8, 4) is 0 Å². The molecule has 1 aromatic carbocycles. The topological polar surface area (TPSA) is 33.4 Å². The Hall–Kier alpha value is -0.800. The summed E-state index contributed by atoms with van der Waals surface area (Å²) in [5.74, 6) is 0. The summed E-state index contributed by atoms with van der Waals surface area (Å²) in [5.41, 5.74) is 1.63. The molecule has 1 fully saturated rings. The van der Waals surface area contributed by atoms with Crippen LogP contribution in [0.15, 0.2) is 33.4 Å². The van der Waals surface area contributed by atoms with Crippen LogP contribution in [-0.2, 0) is 6.42 Å². The zero-order valence-electron chi connectivity index (χ0n) is 8.16. The number of furan rings is 1. The average Bonchev–Trinajstić information content (AvgIpc) is 2.82. The molecule has 3 rings (SSSR count). The Bertz CT molecular complexity index is 511. The van der Waals surface area contributed by atoms with Crippen molar-refractivity contribution in [2.24, 2.45) is 0 Å². The molecule has 0 atom stereocenters. The van der Waals surface area contributed by atoms with Gasteiger partial charge in [-0.3, -0.25) is 0 Å². The third kappa shape index (κ3) is 1.70. The predicted octanol–water partition coefficient (Wildman–Crippen LogP) is 3.26. The Kier molecular flexibility index (Phi) is 1.94. The number of aliphatic hydroxyl groups is 1. The van der Waals surface area contributed by atoms with E-state index in [1.165, 1.54) is 5.56 Å². The minimum Gasteiger partial charge on any atom is -0.463 e. The van der Waals surface area contributed by atoms with Gasteiger partial charge in [0.15, 0.2) is 0 Å². The lowest BCUT2D eigenvalue weighted by Crippen LogP contribution is -2.10. The van der Waals surface area contributed by atoms with Crippen molar-refractivity contribution in [3.63, 3.8) is 0 Å². The van der Waals surface area contributed by atoms with Crippen LogP contribution in [0, 0.1) is 0 Å². The van der Waals surface area contributed by atoms with Gasteiger partial charge in [0, 0.05) is 11.8 Å². The summed E-state index contributed by atoms with van der Waals surface area (Å²) in [4.78, 5) is 0. The van der Waals surface area contributed by atoms with Crippen LogP contribution in [0.4, 0.5) is 0 Å². The van der Waals surface area contributed by atoms with Gasteiger partial charge in [-0.15, -0.1) is 0 Å². The number of hydrogen-bond acceptors (Lipinski definition) is 2. The smallest absolute Gasteiger partial charge is 0.135 e. The first-order chi connectivity index (χ1) is 7.16. The summed E-state index contributed by atoms with van der Waals surface area (Å²) < 4.78 is 6.31. The fourth-order valence-electron chi connectivity index (χ4n) is 1.86. The Morgan fingerprint density at radius 3 is 2.93 bits per heavy atom. The molecule has 15 heavy (non-hydrogen) atoms. The standard InChI is InChI=1S/C12H11BrO2/c13-10-7-15-11-2-1-8(5-9(10)11)6-12(14)3-4-12/h1-2,5,7,14H,3-4,6H2. The van der Waals surface area contributed by atoms with Gasteiger partial charge in [-0.25, -0.2) is 0 Å². The van der Waals surface area contributed by atoms with Gasteiger partial charge in [0.1, 0.15) is 11.8 Å². The lowest BCUT2D eigenvalue weighted by Gasteiger charge is -2.06. The predicted molar refractivity (Wildman–Crippen MR) is 61.8 cm³/mol. The first-order valence-electron chi connectivity index (χ1n) is 5.04. The maximum absolute atomic E-state index is 9.84. The van der Waals surface area contributed by atoms with Crippen LogP contribution in [0.5, 0.6) is 0 Å². The largest absolute Gasteiger partial charge is 0.463 e. The third-order valence-electron chi connectivity index (χ3n) is 2.95. The Labute approximate surface area is 96.0 Å². The molecule has 1 aliphatic rings. The summed E-state index contributed by atoms with van der Waals surface area (Å²) in [6, 6.07) is 6.06. The van der Waals surface area contributed by atoms with Crippen LogP contribution in [-0.4, -0.2) is 10.7 Å². The molecule has 1 N–H and O–H groups in total. The zero-order chi connectivity index (χ0) is 10.5. The van der Waals surface area contributed by atoms with E-state index in [4.69, 9.17) is 4.42 Å². The van der Waals surface area contributed by atoms with E-state index in [9.17, 15) is 5.11 Å². The summed E-state index contributed by atoms with van der Waals surface area (Å²) >= 11 is 3.44. The van der Waals surface area contributed by atoms with Gasteiger partial charge >= 0.3 is 0 Å². The van der Waals surface area contributed by atoms with Crippen molar-refractivity contribution in [2.75, 3.05) is 0 Å². The van der Waals surface area contributed by atoms with E-state index in [0.717, 1.165) is 34.7 Å². The average molecular weight is 267 g/mol. The second-order valence-electron chi connectivity index (χ2n) is 4.32. The number of hydrogen-bond donors (Lipinski definition) is 1. The van der Waals surface area contributed by atoms with Crippen LogP contribution in [0.1, 0.15) is 18.4 Å². The van der Waals surface area contributed by atoms with E-state index >= 15 is 0 Å². The Balaban J connectivity index is 2.01. The molecule has 0 radical (unpaired) electrons. The lowest BCUT2D eigenvalue weighted by atomic mass is 10.1. The van der Waals surface area contributed by atoms with Gasteiger partial charge in [0.05, 0.1) is 10.1 Å². The van der Waals surface area contributed by atoms with Crippen LogP contribution in [0.2, 0.25) is 0 Å². The fraction of sp³-hybridized carbons (Fsp3) is 0.333. The van der Waals surface area contributed by atoms with E-state index < -0.39 is 5.60 Å². The molecule has 1 heterocycles. The van der Waals surface area contributed by atoms with Crippen molar-refractivity contribution in [2.45, 2.75) is 24.9 Å². The summed E-state index contributed by atoms with van der Waals surface area (Å²) in [7, 11) is 0. The number of rotatable bonds is 2. The molecule has 0 unspecified atom stereocenters. The van der Waals surface area contributed by atoms with Crippen molar-refractivity contribution in [3.05, 3.63) is 34.5 Å². The van der Waals surface area contributed by atoms with Crippen LogP contribution in [0.3, 0.4) is 0 Å². The van der Waals surface area contributed by atoms with Gasteiger partial charge in [-0.05, 0) is 46.5 Å². The third-order valence-corrected chi connectivity index (χ3v) is 3.57. The quantitative estimate of drug-likeness (QED) is 0.905. The van der Waals surface area contributed by atoms with Crippen molar-refractivity contribution in [1.82, 2.24) is 0 Å². The molecule has 0 amide bonds. The van der Waals surface area contributed by atoms with E-state index in [1.54, 1.807) is 6.26 Å². The molecular formula is C12H11BrO2. The van der Waals surface area contributed by atoms with E-state index in [2.05, 4.69) is 22.0 Å². The summed E-state index contributed by atoms with van der Waals surface area (Å²) in [5, 5.41) is 10.9. The van der Waals surface area contributed by atoms with Gasteiger partial charge in [0.2, 0.25) is 0 Å². The van der Waals surface area contributed by atoms with Crippen LogP contribution in [0.25, 0.3) is 11.0 Å². The second-order valence-corrected chi connectivity index (χ2v) is 5.17. The van der Waals surface area contributed by atoms with Crippen molar-refractivity contribution in [1.29, 1.82) is 0 Å². The minimum atomic E-state index is -0.427. The highest BCUT2D eigenvalue weighted by molar-refractivity contribution is 9.10. The molecule has 3 heteroatoms. The first kappa shape index (κ1) is 9.43. The molecule has 1 aromatic heterocycles. The maximum Gasteiger partial charge on any atom is 0.135 e. The number of benzene rings is 1. The lowest BCUT2D eigenvalue weighted by molar-refractivity contribution is 0.151. The van der Waals surface area contributed by atoms with Gasteiger partial charge in [-0.1, -0.05) is 6.07 Å². The second kappa shape index (κ2) is 3.09. The van der Waals surface area contributed by atoms with Gasteiger partial charge < -0.3 is 9.52 Å². The Morgan fingerprint density at radius 2 is 2.20 bits per heavy atom. The van der Waals surface area contributed by atoms with E-state index in [1.807, 2.05) is 12.1 Å². The van der Waals surface area contributed by atoms with Crippen LogP contribution >= 0.6 is 15.9 Å². The zero-order valence-corrected chi connectivity index (χ0v) is 9.75. The molecule has 1 aliphatic carbocycles.